The van der Waals surface area contributed by atoms with Gasteiger partial charge in [-0.3, -0.25) is 0 Å². The molecule has 0 amide bonds. The van der Waals surface area contributed by atoms with Crippen LogP contribution in [-0.4, -0.2) is 21.3 Å². The number of carboxylic acid groups (broad SMARTS) is 1. The maximum Gasteiger partial charge on any atom is 0.339 e. The number of allylic oxidation sites excluding steroid dienone is 2. The average molecular weight is 330 g/mol. The Morgan fingerprint density at radius 3 is 2.46 bits per heavy atom. The molecule has 3 N–H and O–H groups in total. The molecule has 1 saturated carbocycles. The highest BCUT2D eigenvalue weighted by Crippen LogP contribution is 2.78. The van der Waals surface area contributed by atoms with Crippen molar-refractivity contribution in [2.75, 3.05) is 0 Å². The lowest BCUT2D eigenvalue weighted by molar-refractivity contribution is 0.0692. The molecule has 1 aromatic carbocycles. The fourth-order valence-corrected chi connectivity index (χ4v) is 5.24. The number of fused-ring (bicyclic) bond motifs is 1. The first kappa shape index (κ1) is 16.9. The zero-order valence-electron chi connectivity index (χ0n) is 15.0. The zero-order chi connectivity index (χ0) is 18.0. The van der Waals surface area contributed by atoms with Crippen LogP contribution in [-0.2, 0) is 5.41 Å². The third-order valence-corrected chi connectivity index (χ3v) is 6.69. The molecule has 0 unspecified atom stereocenters. The number of aromatic carboxylic acids is 1. The van der Waals surface area contributed by atoms with E-state index in [2.05, 4.69) is 33.8 Å². The topological polar surface area (TPSA) is 77.8 Å². The Morgan fingerprint density at radius 2 is 1.92 bits per heavy atom. The van der Waals surface area contributed by atoms with E-state index in [0.29, 0.717) is 23.0 Å². The Bertz CT molecular complexity index is 761. The standard InChI is InChI=1S/C20H26O4/c1-10(2)19(5)14-7-6-11(3)9-20(14,19)16-13(21)8-12(4)15(17(16)22)18(23)24/h8-10,14,21-22H,6-7H2,1-5H3,(H,23,24)/t14-,19+,20+/m1/s1. The molecule has 130 valence electrons. The smallest absolute Gasteiger partial charge is 0.339 e. The minimum Gasteiger partial charge on any atom is -0.507 e. The SMILES string of the molecule is CC1=C[C@@]2(c3c(O)cc(C)c(C(=O)O)c3O)[C@H](CC1)[C@]2(C)C(C)C. The van der Waals surface area contributed by atoms with Crippen LogP contribution in [0.15, 0.2) is 17.7 Å². The Hall–Kier alpha value is -1.97. The van der Waals surface area contributed by atoms with Crippen molar-refractivity contribution in [3.8, 4) is 11.5 Å². The highest BCUT2D eigenvalue weighted by Gasteiger charge is 2.75. The number of phenolic OH excluding ortho intramolecular Hbond substituents is 1. The summed E-state index contributed by atoms with van der Waals surface area (Å²) in [4.78, 5) is 11.6. The summed E-state index contributed by atoms with van der Waals surface area (Å²) in [7, 11) is 0. The van der Waals surface area contributed by atoms with Crippen molar-refractivity contribution >= 4 is 5.97 Å². The van der Waals surface area contributed by atoms with E-state index in [1.165, 1.54) is 11.6 Å². The van der Waals surface area contributed by atoms with Gasteiger partial charge in [0.05, 0.1) is 0 Å². The molecule has 0 bridgehead atoms. The van der Waals surface area contributed by atoms with Gasteiger partial charge < -0.3 is 15.3 Å². The number of phenols is 2. The largest absolute Gasteiger partial charge is 0.507 e. The van der Waals surface area contributed by atoms with Crippen LogP contribution in [0.25, 0.3) is 0 Å². The summed E-state index contributed by atoms with van der Waals surface area (Å²) >= 11 is 0. The highest BCUT2D eigenvalue weighted by molar-refractivity contribution is 5.94. The minimum atomic E-state index is -1.16. The Morgan fingerprint density at radius 1 is 1.29 bits per heavy atom. The van der Waals surface area contributed by atoms with Gasteiger partial charge in [0.15, 0.2) is 0 Å². The van der Waals surface area contributed by atoms with Crippen LogP contribution in [0.1, 0.15) is 62.0 Å². The fraction of sp³-hybridized carbons (Fsp3) is 0.550. The van der Waals surface area contributed by atoms with Crippen molar-refractivity contribution in [3.05, 3.63) is 34.4 Å². The van der Waals surface area contributed by atoms with Crippen LogP contribution in [0, 0.1) is 24.2 Å². The van der Waals surface area contributed by atoms with E-state index in [0.717, 1.165) is 12.8 Å². The highest BCUT2D eigenvalue weighted by atomic mass is 16.4. The molecule has 0 aliphatic heterocycles. The van der Waals surface area contributed by atoms with E-state index >= 15 is 0 Å². The molecule has 24 heavy (non-hydrogen) atoms. The number of rotatable bonds is 3. The summed E-state index contributed by atoms with van der Waals surface area (Å²) in [6.07, 6.45) is 4.16. The summed E-state index contributed by atoms with van der Waals surface area (Å²) in [5.74, 6) is -0.800. The second kappa shape index (κ2) is 5.01. The van der Waals surface area contributed by atoms with Crippen molar-refractivity contribution in [2.45, 2.75) is 52.9 Å². The van der Waals surface area contributed by atoms with Gasteiger partial charge in [0.1, 0.15) is 17.1 Å². The Labute approximate surface area is 142 Å². The summed E-state index contributed by atoms with van der Waals surface area (Å²) < 4.78 is 0. The lowest BCUT2D eigenvalue weighted by Gasteiger charge is -2.27. The first-order valence-corrected chi connectivity index (χ1v) is 8.56. The molecular formula is C20H26O4. The van der Waals surface area contributed by atoms with Gasteiger partial charge in [-0.15, -0.1) is 0 Å². The minimum absolute atomic E-state index is 0.00433. The molecule has 0 heterocycles. The van der Waals surface area contributed by atoms with E-state index in [9.17, 15) is 20.1 Å². The second-order valence-corrected chi connectivity index (χ2v) is 8.00. The zero-order valence-corrected chi connectivity index (χ0v) is 15.0. The predicted molar refractivity (Wildman–Crippen MR) is 92.6 cm³/mol. The average Bonchev–Trinajstić information content (AvgIpc) is 2.98. The van der Waals surface area contributed by atoms with Gasteiger partial charge >= 0.3 is 5.97 Å². The van der Waals surface area contributed by atoms with E-state index in [-0.39, 0.29) is 22.5 Å². The van der Waals surface area contributed by atoms with Gasteiger partial charge in [0.2, 0.25) is 0 Å². The molecular weight excluding hydrogens is 304 g/mol. The molecule has 0 radical (unpaired) electrons. The number of benzene rings is 1. The van der Waals surface area contributed by atoms with Crippen LogP contribution in [0.4, 0.5) is 0 Å². The molecule has 2 aliphatic carbocycles. The van der Waals surface area contributed by atoms with Crippen molar-refractivity contribution in [1.82, 2.24) is 0 Å². The van der Waals surface area contributed by atoms with Gasteiger partial charge in [-0.2, -0.15) is 0 Å². The number of aryl methyl sites for hydroxylation is 1. The van der Waals surface area contributed by atoms with Crippen molar-refractivity contribution in [1.29, 1.82) is 0 Å². The van der Waals surface area contributed by atoms with Gasteiger partial charge in [-0.1, -0.05) is 32.4 Å². The van der Waals surface area contributed by atoms with Crippen LogP contribution in [0.2, 0.25) is 0 Å². The first-order chi connectivity index (χ1) is 11.1. The van der Waals surface area contributed by atoms with Gasteiger partial charge in [0.25, 0.3) is 0 Å². The van der Waals surface area contributed by atoms with Crippen LogP contribution in [0.5, 0.6) is 11.5 Å². The van der Waals surface area contributed by atoms with E-state index in [1.54, 1.807) is 6.92 Å². The van der Waals surface area contributed by atoms with Crippen molar-refractivity contribution in [2.24, 2.45) is 17.3 Å². The Kier molecular flexibility index (Phi) is 3.52. The fourth-order valence-electron chi connectivity index (χ4n) is 5.24. The second-order valence-electron chi connectivity index (χ2n) is 8.00. The molecule has 1 fully saturated rings. The summed E-state index contributed by atoms with van der Waals surface area (Å²) in [5, 5.41) is 30.9. The Balaban J connectivity index is 2.34. The first-order valence-electron chi connectivity index (χ1n) is 8.56. The van der Waals surface area contributed by atoms with Crippen molar-refractivity contribution in [3.63, 3.8) is 0 Å². The monoisotopic (exact) mass is 330 g/mol. The van der Waals surface area contributed by atoms with E-state index < -0.39 is 11.4 Å². The molecule has 4 nitrogen and oxygen atoms in total. The van der Waals surface area contributed by atoms with E-state index in [4.69, 9.17) is 0 Å². The predicted octanol–water partition coefficient (Wildman–Crippen LogP) is 4.37. The lowest BCUT2D eigenvalue weighted by Crippen LogP contribution is -2.21. The van der Waals surface area contributed by atoms with Gasteiger partial charge in [-0.25, -0.2) is 4.79 Å². The molecule has 4 heteroatoms. The molecule has 0 spiro atoms. The van der Waals surface area contributed by atoms with Crippen molar-refractivity contribution < 1.29 is 20.1 Å². The molecule has 0 saturated heterocycles. The van der Waals surface area contributed by atoms with Gasteiger partial charge in [0, 0.05) is 11.0 Å². The summed E-state index contributed by atoms with van der Waals surface area (Å²) in [6, 6.07) is 1.47. The summed E-state index contributed by atoms with van der Waals surface area (Å²) in [5.41, 5.74) is 1.29. The molecule has 1 aromatic rings. The molecule has 3 atom stereocenters. The molecule has 3 rings (SSSR count). The van der Waals surface area contributed by atoms with Crippen LogP contribution < -0.4 is 0 Å². The van der Waals surface area contributed by atoms with Crippen LogP contribution in [0.3, 0.4) is 0 Å². The van der Waals surface area contributed by atoms with E-state index in [1.807, 2.05) is 0 Å². The lowest BCUT2D eigenvalue weighted by atomic mass is 9.77. The molecule has 0 aromatic heterocycles. The third-order valence-electron chi connectivity index (χ3n) is 6.69. The number of carbonyl (C=O) groups is 1. The number of carboxylic acids is 1. The number of hydrogen-bond acceptors (Lipinski definition) is 3. The number of hydrogen-bond donors (Lipinski definition) is 3. The van der Waals surface area contributed by atoms with Gasteiger partial charge in [-0.05, 0) is 55.6 Å². The number of aromatic hydroxyl groups is 2. The maximum atomic E-state index is 11.6. The summed E-state index contributed by atoms with van der Waals surface area (Å²) in [6.45, 7) is 10.2. The normalized spacial score (nSPS) is 31.6. The maximum absolute atomic E-state index is 11.6. The van der Waals surface area contributed by atoms with Crippen LogP contribution >= 0.6 is 0 Å². The quantitative estimate of drug-likeness (QED) is 0.719. The molecule has 2 aliphatic rings. The third kappa shape index (κ3) is 1.83.